The van der Waals surface area contributed by atoms with E-state index in [0.29, 0.717) is 5.76 Å². The van der Waals surface area contributed by atoms with Crippen molar-refractivity contribution in [3.8, 4) is 0 Å². The highest BCUT2D eigenvalue weighted by molar-refractivity contribution is 5.49. The second kappa shape index (κ2) is 3.19. The highest BCUT2D eigenvalue weighted by atomic mass is 16.4. The average molecular weight is 150 g/mol. The lowest BCUT2D eigenvalue weighted by molar-refractivity contribution is 0.479. The van der Waals surface area contributed by atoms with Gasteiger partial charge in [0, 0.05) is 11.6 Å². The predicted octanol–water partition coefficient (Wildman–Crippen LogP) is 1.98. The molecule has 0 bridgehead atoms. The number of hydrogen-bond acceptors (Lipinski definition) is 2. The number of aryl methyl sites for hydroxylation is 1. The molecule has 0 aliphatic carbocycles. The quantitative estimate of drug-likeness (QED) is 0.612. The molecule has 1 aromatic rings. The summed E-state index contributed by atoms with van der Waals surface area (Å²) in [5, 5.41) is 0. The molecule has 0 N–H and O–H groups in total. The first-order valence-electron chi connectivity index (χ1n) is 3.47. The topological polar surface area (TPSA) is 30.2 Å². The fourth-order valence-electron chi connectivity index (χ4n) is 0.871. The lowest BCUT2D eigenvalue weighted by Crippen LogP contribution is -1.97. The Balaban J connectivity index is 3.19. The molecule has 1 aromatic heterocycles. The molecular formula is C9H10O2. The molecule has 0 aliphatic heterocycles. The Hall–Kier alpha value is -1.31. The Morgan fingerprint density at radius 1 is 1.45 bits per heavy atom. The van der Waals surface area contributed by atoms with Crippen molar-refractivity contribution < 1.29 is 4.42 Å². The van der Waals surface area contributed by atoms with Crippen molar-refractivity contribution in [3.05, 3.63) is 40.0 Å². The maximum atomic E-state index is 10.7. The lowest BCUT2D eigenvalue weighted by Gasteiger charge is -1.94. The maximum absolute atomic E-state index is 10.7. The van der Waals surface area contributed by atoms with Crippen LogP contribution in [-0.4, -0.2) is 0 Å². The van der Waals surface area contributed by atoms with Gasteiger partial charge in [-0.05, 0) is 19.9 Å². The van der Waals surface area contributed by atoms with Crippen LogP contribution in [0.5, 0.6) is 0 Å². The summed E-state index contributed by atoms with van der Waals surface area (Å²) in [7, 11) is 0. The van der Waals surface area contributed by atoms with Crippen LogP contribution in [0.25, 0.3) is 6.08 Å². The minimum atomic E-state index is -0.296. The first-order chi connectivity index (χ1) is 5.24. The first-order valence-corrected chi connectivity index (χ1v) is 3.47. The summed E-state index contributed by atoms with van der Waals surface area (Å²) in [6.45, 7) is 3.70. The Morgan fingerprint density at radius 2 is 2.18 bits per heavy atom. The van der Waals surface area contributed by atoms with Gasteiger partial charge in [-0.25, -0.2) is 4.79 Å². The second-order valence-corrected chi connectivity index (χ2v) is 2.27. The minimum Gasteiger partial charge on any atom is -0.428 e. The normalized spacial score (nSPS) is 10.7. The summed E-state index contributed by atoms with van der Waals surface area (Å²) in [5.74, 6) is 0.663. The standard InChI is InChI=1S/C9H10O2/c1-3-4-8-5-6-9(10)11-7(8)2/h3-6H,1-2H3/b4-3-. The molecule has 0 saturated carbocycles. The molecule has 58 valence electrons. The second-order valence-electron chi connectivity index (χ2n) is 2.27. The zero-order valence-corrected chi connectivity index (χ0v) is 6.63. The molecule has 0 fully saturated rings. The van der Waals surface area contributed by atoms with Gasteiger partial charge in [-0.1, -0.05) is 12.2 Å². The van der Waals surface area contributed by atoms with Gasteiger partial charge >= 0.3 is 5.63 Å². The van der Waals surface area contributed by atoms with E-state index >= 15 is 0 Å². The lowest BCUT2D eigenvalue weighted by atomic mass is 10.2. The zero-order chi connectivity index (χ0) is 8.27. The van der Waals surface area contributed by atoms with E-state index < -0.39 is 0 Å². The van der Waals surface area contributed by atoms with Gasteiger partial charge in [-0.15, -0.1) is 0 Å². The van der Waals surface area contributed by atoms with Crippen molar-refractivity contribution in [2.75, 3.05) is 0 Å². The van der Waals surface area contributed by atoms with E-state index in [9.17, 15) is 4.79 Å². The third kappa shape index (κ3) is 1.80. The van der Waals surface area contributed by atoms with Gasteiger partial charge in [0.2, 0.25) is 0 Å². The highest BCUT2D eigenvalue weighted by Crippen LogP contribution is 2.05. The fourth-order valence-corrected chi connectivity index (χ4v) is 0.871. The smallest absolute Gasteiger partial charge is 0.335 e. The monoisotopic (exact) mass is 150 g/mol. The number of rotatable bonds is 1. The third-order valence-corrected chi connectivity index (χ3v) is 1.41. The van der Waals surface area contributed by atoms with Crippen molar-refractivity contribution in [1.29, 1.82) is 0 Å². The summed E-state index contributed by atoms with van der Waals surface area (Å²) < 4.78 is 4.85. The van der Waals surface area contributed by atoms with Crippen molar-refractivity contribution in [2.24, 2.45) is 0 Å². The van der Waals surface area contributed by atoms with Crippen molar-refractivity contribution in [3.63, 3.8) is 0 Å². The van der Waals surface area contributed by atoms with E-state index in [1.807, 2.05) is 19.1 Å². The van der Waals surface area contributed by atoms with Crippen LogP contribution in [-0.2, 0) is 0 Å². The van der Waals surface area contributed by atoms with Gasteiger partial charge in [0.25, 0.3) is 0 Å². The van der Waals surface area contributed by atoms with Crippen LogP contribution in [0.15, 0.2) is 27.4 Å². The predicted molar refractivity (Wildman–Crippen MR) is 44.4 cm³/mol. The van der Waals surface area contributed by atoms with Gasteiger partial charge in [0.05, 0.1) is 0 Å². The number of hydrogen-bond donors (Lipinski definition) is 0. The minimum absolute atomic E-state index is 0.296. The van der Waals surface area contributed by atoms with E-state index in [1.165, 1.54) is 6.07 Å². The molecule has 2 heteroatoms. The molecule has 0 saturated heterocycles. The van der Waals surface area contributed by atoms with Crippen molar-refractivity contribution in [2.45, 2.75) is 13.8 Å². The molecule has 0 aliphatic rings. The summed E-state index contributed by atoms with van der Waals surface area (Å²) in [5.41, 5.74) is 0.655. The van der Waals surface area contributed by atoms with Gasteiger partial charge in [-0.3, -0.25) is 0 Å². The Bertz CT molecular complexity index is 321. The molecule has 0 unspecified atom stereocenters. The maximum Gasteiger partial charge on any atom is 0.335 e. The molecule has 0 spiro atoms. The third-order valence-electron chi connectivity index (χ3n) is 1.41. The first kappa shape index (κ1) is 7.79. The van der Waals surface area contributed by atoms with Crippen LogP contribution in [0.3, 0.4) is 0 Å². The highest BCUT2D eigenvalue weighted by Gasteiger charge is 1.94. The van der Waals surface area contributed by atoms with E-state index in [4.69, 9.17) is 4.42 Å². The molecule has 0 amide bonds. The van der Waals surface area contributed by atoms with Gasteiger partial charge in [0.1, 0.15) is 5.76 Å². The van der Waals surface area contributed by atoms with Crippen molar-refractivity contribution in [1.82, 2.24) is 0 Å². The van der Waals surface area contributed by atoms with Crippen LogP contribution in [0.1, 0.15) is 18.2 Å². The van der Waals surface area contributed by atoms with Crippen LogP contribution >= 0.6 is 0 Å². The summed E-state index contributed by atoms with van der Waals surface area (Å²) in [4.78, 5) is 10.7. The van der Waals surface area contributed by atoms with E-state index in [2.05, 4.69) is 0 Å². The molecule has 11 heavy (non-hydrogen) atoms. The van der Waals surface area contributed by atoms with E-state index in [0.717, 1.165) is 5.56 Å². The SMILES string of the molecule is C/C=C\c1ccc(=O)oc1C. The molecule has 2 nitrogen and oxygen atoms in total. The summed E-state index contributed by atoms with van der Waals surface area (Å²) in [6, 6.07) is 3.17. The molecular weight excluding hydrogens is 140 g/mol. The summed E-state index contributed by atoms with van der Waals surface area (Å²) >= 11 is 0. The largest absolute Gasteiger partial charge is 0.428 e. The van der Waals surface area contributed by atoms with Gasteiger partial charge in [0.15, 0.2) is 0 Å². The van der Waals surface area contributed by atoms with Crippen LogP contribution < -0.4 is 5.63 Å². The molecule has 1 heterocycles. The Labute approximate surface area is 65.2 Å². The van der Waals surface area contributed by atoms with Crippen molar-refractivity contribution >= 4 is 6.08 Å². The van der Waals surface area contributed by atoms with E-state index in [1.54, 1.807) is 13.0 Å². The zero-order valence-electron chi connectivity index (χ0n) is 6.63. The molecule has 0 aromatic carbocycles. The average Bonchev–Trinajstić information content (AvgIpc) is 1.95. The summed E-state index contributed by atoms with van der Waals surface area (Å²) in [6.07, 6.45) is 3.81. The Morgan fingerprint density at radius 3 is 2.73 bits per heavy atom. The fraction of sp³-hybridized carbons (Fsp3) is 0.222. The molecule has 0 radical (unpaired) electrons. The number of allylic oxidation sites excluding steroid dienone is 1. The van der Waals surface area contributed by atoms with Gasteiger partial charge in [-0.2, -0.15) is 0 Å². The Kier molecular flexibility index (Phi) is 2.26. The van der Waals surface area contributed by atoms with Crippen LogP contribution in [0, 0.1) is 6.92 Å². The van der Waals surface area contributed by atoms with Crippen LogP contribution in [0.2, 0.25) is 0 Å². The molecule has 1 rings (SSSR count). The van der Waals surface area contributed by atoms with E-state index in [-0.39, 0.29) is 5.63 Å². The van der Waals surface area contributed by atoms with Gasteiger partial charge < -0.3 is 4.42 Å². The van der Waals surface area contributed by atoms with Crippen LogP contribution in [0.4, 0.5) is 0 Å². The molecule has 0 atom stereocenters.